The number of hydrogen-bond donors (Lipinski definition) is 1. The molecule has 152 valence electrons. The number of rotatable bonds is 9. The Morgan fingerprint density at radius 3 is 2.11 bits per heavy atom. The molecule has 0 aliphatic carbocycles. The van der Waals surface area contributed by atoms with Gasteiger partial charge in [-0.1, -0.05) is 39.0 Å². The molecule has 0 fully saturated rings. The van der Waals surface area contributed by atoms with E-state index >= 15 is 0 Å². The highest BCUT2D eigenvalue weighted by Crippen LogP contribution is 2.25. The van der Waals surface area contributed by atoms with E-state index in [1.807, 2.05) is 57.2 Å². The number of aryl methyl sites for hydroxylation is 2. The molecule has 1 N–H and O–H groups in total. The third-order valence-electron chi connectivity index (χ3n) is 4.68. The summed E-state index contributed by atoms with van der Waals surface area (Å²) < 4.78 is 11.3. The Hall–Kier alpha value is -2.49. The van der Waals surface area contributed by atoms with Crippen molar-refractivity contribution in [1.29, 1.82) is 0 Å². The largest absolute Gasteiger partial charge is 0.497 e. The fraction of sp³-hybridized carbons (Fsp3) is 0.458. The number of carbonyl (C=O) groups is 1. The topological polar surface area (TPSA) is 47.6 Å². The van der Waals surface area contributed by atoms with Crippen LogP contribution in [0.1, 0.15) is 56.3 Å². The number of hydrogen-bond acceptors (Lipinski definition) is 3. The van der Waals surface area contributed by atoms with Crippen LogP contribution in [0.25, 0.3) is 0 Å². The Kier molecular flexibility index (Phi) is 7.91. The van der Waals surface area contributed by atoms with Crippen molar-refractivity contribution in [2.24, 2.45) is 5.92 Å². The van der Waals surface area contributed by atoms with E-state index in [9.17, 15) is 4.79 Å². The van der Waals surface area contributed by atoms with E-state index in [4.69, 9.17) is 9.47 Å². The maximum Gasteiger partial charge on any atom is 0.261 e. The summed E-state index contributed by atoms with van der Waals surface area (Å²) in [5.41, 5.74) is 3.33. The molecule has 0 saturated heterocycles. The van der Waals surface area contributed by atoms with Gasteiger partial charge in [0, 0.05) is 0 Å². The van der Waals surface area contributed by atoms with Crippen LogP contribution in [0.5, 0.6) is 11.5 Å². The van der Waals surface area contributed by atoms with Gasteiger partial charge in [0.2, 0.25) is 0 Å². The van der Waals surface area contributed by atoms with Crippen molar-refractivity contribution in [3.05, 3.63) is 59.2 Å². The molecule has 2 aromatic carbocycles. The van der Waals surface area contributed by atoms with Crippen LogP contribution >= 0.6 is 0 Å². The Morgan fingerprint density at radius 1 is 1.00 bits per heavy atom. The number of methoxy groups -OCH3 is 1. The van der Waals surface area contributed by atoms with Crippen LogP contribution in [0.3, 0.4) is 0 Å². The summed E-state index contributed by atoms with van der Waals surface area (Å²) in [4.78, 5) is 13.0. The highest BCUT2D eigenvalue weighted by Gasteiger charge is 2.23. The zero-order valence-electron chi connectivity index (χ0n) is 17.9. The quantitative estimate of drug-likeness (QED) is 0.633. The first kappa shape index (κ1) is 21.8. The van der Waals surface area contributed by atoms with Crippen molar-refractivity contribution in [3.63, 3.8) is 0 Å². The zero-order valence-corrected chi connectivity index (χ0v) is 17.9. The molecule has 0 bridgehead atoms. The van der Waals surface area contributed by atoms with Crippen LogP contribution in [-0.4, -0.2) is 19.1 Å². The minimum Gasteiger partial charge on any atom is -0.497 e. The molecule has 0 aliphatic rings. The van der Waals surface area contributed by atoms with Gasteiger partial charge in [-0.15, -0.1) is 0 Å². The molecule has 4 heteroatoms. The van der Waals surface area contributed by atoms with E-state index in [0.717, 1.165) is 34.6 Å². The van der Waals surface area contributed by atoms with Crippen LogP contribution in [0.2, 0.25) is 0 Å². The monoisotopic (exact) mass is 383 g/mol. The molecular weight excluding hydrogens is 350 g/mol. The van der Waals surface area contributed by atoms with Crippen molar-refractivity contribution in [1.82, 2.24) is 5.32 Å². The Balaban J connectivity index is 2.14. The Morgan fingerprint density at radius 2 is 1.61 bits per heavy atom. The smallest absolute Gasteiger partial charge is 0.261 e. The first-order valence-electron chi connectivity index (χ1n) is 10.0. The van der Waals surface area contributed by atoms with Gasteiger partial charge in [-0.05, 0) is 73.6 Å². The van der Waals surface area contributed by atoms with Crippen LogP contribution < -0.4 is 14.8 Å². The van der Waals surface area contributed by atoms with E-state index in [1.54, 1.807) is 7.11 Å². The van der Waals surface area contributed by atoms with Crippen molar-refractivity contribution in [3.8, 4) is 11.5 Å². The summed E-state index contributed by atoms with van der Waals surface area (Å²) in [7, 11) is 1.65. The van der Waals surface area contributed by atoms with Crippen molar-refractivity contribution in [2.45, 2.75) is 59.6 Å². The van der Waals surface area contributed by atoms with Crippen molar-refractivity contribution >= 4 is 5.91 Å². The summed E-state index contributed by atoms with van der Waals surface area (Å²) in [6.45, 7) is 10.3. The van der Waals surface area contributed by atoms with E-state index < -0.39 is 6.10 Å². The lowest BCUT2D eigenvalue weighted by Crippen LogP contribution is -2.40. The summed E-state index contributed by atoms with van der Waals surface area (Å²) in [6, 6.07) is 13.9. The predicted octanol–water partition coefficient (Wildman–Crippen LogP) is 5.37. The van der Waals surface area contributed by atoms with E-state index in [2.05, 4.69) is 25.2 Å². The lowest BCUT2D eigenvalue weighted by atomic mass is 9.96. The first-order chi connectivity index (χ1) is 13.3. The normalized spacial score (nSPS) is 13.1. The molecule has 0 aliphatic heterocycles. The molecule has 0 unspecified atom stereocenters. The summed E-state index contributed by atoms with van der Waals surface area (Å²) in [5, 5.41) is 3.20. The van der Waals surface area contributed by atoms with Gasteiger partial charge in [-0.25, -0.2) is 0 Å². The van der Waals surface area contributed by atoms with E-state index in [0.29, 0.717) is 12.3 Å². The molecule has 1 amide bonds. The third kappa shape index (κ3) is 6.29. The maximum atomic E-state index is 13.0. The van der Waals surface area contributed by atoms with Gasteiger partial charge >= 0.3 is 0 Å². The SMILES string of the molecule is CC[C@@H](Oc1cc(C)cc(C)c1)C(=O)N[C@@H](CC(C)C)c1ccc(OC)cc1. The highest BCUT2D eigenvalue weighted by atomic mass is 16.5. The molecule has 4 nitrogen and oxygen atoms in total. The van der Waals surface area contributed by atoms with Gasteiger partial charge < -0.3 is 14.8 Å². The standard InChI is InChI=1S/C24H33NO3/c1-7-23(28-21-14-17(4)13-18(5)15-21)24(26)25-22(12-16(2)3)19-8-10-20(27-6)11-9-19/h8-11,13-16,22-23H,7,12H2,1-6H3,(H,25,26)/t22-,23+/m0/s1. The van der Waals surface area contributed by atoms with Crippen molar-refractivity contribution in [2.75, 3.05) is 7.11 Å². The van der Waals surface area contributed by atoms with Gasteiger partial charge in [0.1, 0.15) is 11.5 Å². The second-order valence-corrected chi connectivity index (χ2v) is 7.80. The molecule has 2 aromatic rings. The molecule has 0 radical (unpaired) electrons. The minimum atomic E-state index is -0.519. The van der Waals surface area contributed by atoms with Gasteiger partial charge in [-0.3, -0.25) is 4.79 Å². The van der Waals surface area contributed by atoms with Crippen LogP contribution in [-0.2, 0) is 4.79 Å². The van der Waals surface area contributed by atoms with E-state index in [-0.39, 0.29) is 11.9 Å². The number of ether oxygens (including phenoxy) is 2. The molecule has 2 rings (SSSR count). The summed E-state index contributed by atoms with van der Waals surface area (Å²) in [5.74, 6) is 1.92. The fourth-order valence-corrected chi connectivity index (χ4v) is 3.34. The number of amides is 1. The average Bonchev–Trinajstić information content (AvgIpc) is 2.64. The number of benzene rings is 2. The second-order valence-electron chi connectivity index (χ2n) is 7.80. The molecule has 0 aromatic heterocycles. The minimum absolute atomic E-state index is 0.0599. The van der Waals surface area contributed by atoms with Crippen molar-refractivity contribution < 1.29 is 14.3 Å². The lowest BCUT2D eigenvalue weighted by Gasteiger charge is -2.25. The van der Waals surface area contributed by atoms with E-state index in [1.165, 1.54) is 0 Å². The first-order valence-corrected chi connectivity index (χ1v) is 10.0. The molecule has 0 spiro atoms. The number of carbonyl (C=O) groups excluding carboxylic acids is 1. The second kappa shape index (κ2) is 10.2. The Bertz CT molecular complexity index is 748. The average molecular weight is 384 g/mol. The van der Waals surface area contributed by atoms with Gasteiger partial charge in [0.05, 0.1) is 13.2 Å². The van der Waals surface area contributed by atoms with Crippen LogP contribution in [0.4, 0.5) is 0 Å². The third-order valence-corrected chi connectivity index (χ3v) is 4.68. The maximum absolute atomic E-state index is 13.0. The van der Waals surface area contributed by atoms with Crippen LogP contribution in [0, 0.1) is 19.8 Å². The van der Waals surface area contributed by atoms with Crippen LogP contribution in [0.15, 0.2) is 42.5 Å². The fourth-order valence-electron chi connectivity index (χ4n) is 3.34. The van der Waals surface area contributed by atoms with Gasteiger partial charge in [0.25, 0.3) is 5.91 Å². The lowest BCUT2D eigenvalue weighted by molar-refractivity contribution is -0.129. The Labute approximate surface area is 169 Å². The number of nitrogens with one attached hydrogen (secondary N) is 1. The molecule has 0 saturated carbocycles. The summed E-state index contributed by atoms with van der Waals surface area (Å²) >= 11 is 0. The highest BCUT2D eigenvalue weighted by molar-refractivity contribution is 5.81. The van der Waals surface area contributed by atoms with Gasteiger partial charge in [-0.2, -0.15) is 0 Å². The molecule has 0 heterocycles. The molecule has 28 heavy (non-hydrogen) atoms. The summed E-state index contributed by atoms with van der Waals surface area (Å²) in [6.07, 6.45) is 0.947. The molecular formula is C24H33NO3. The van der Waals surface area contributed by atoms with Gasteiger partial charge in [0.15, 0.2) is 6.10 Å². The zero-order chi connectivity index (χ0) is 20.7. The predicted molar refractivity (Wildman–Crippen MR) is 114 cm³/mol. The molecule has 2 atom stereocenters.